The molecule has 3 rings (SSSR count). The molecule has 4 heteroatoms. The maximum Gasteiger partial charge on any atom is 0.0518 e. The molecule has 0 aliphatic carbocycles. The SMILES string of the molecule is Cc1ccc2c(CCNCc3ccnn3C)c[nH]c2c1. The second-order valence-corrected chi connectivity index (χ2v) is 5.24. The Morgan fingerprint density at radius 2 is 2.20 bits per heavy atom. The summed E-state index contributed by atoms with van der Waals surface area (Å²) < 4.78 is 1.90. The van der Waals surface area contributed by atoms with E-state index in [0.717, 1.165) is 19.5 Å². The molecule has 20 heavy (non-hydrogen) atoms. The summed E-state index contributed by atoms with van der Waals surface area (Å²) in [6.07, 6.45) is 4.98. The molecule has 3 aromatic rings. The van der Waals surface area contributed by atoms with E-state index in [-0.39, 0.29) is 0 Å². The standard InChI is InChI=1S/C16H20N4/c1-12-3-4-15-13(10-18-16(15)9-12)5-7-17-11-14-6-8-19-20(14)2/h3-4,6,8-10,17-18H,5,7,11H2,1-2H3. The summed E-state index contributed by atoms with van der Waals surface area (Å²) in [5, 5.41) is 8.97. The number of fused-ring (bicyclic) bond motifs is 1. The number of nitrogens with zero attached hydrogens (tertiary/aromatic N) is 2. The molecule has 0 saturated heterocycles. The normalized spacial score (nSPS) is 11.3. The summed E-state index contributed by atoms with van der Waals surface area (Å²) in [5.74, 6) is 0. The van der Waals surface area contributed by atoms with Crippen LogP contribution in [0.5, 0.6) is 0 Å². The van der Waals surface area contributed by atoms with Gasteiger partial charge in [-0.2, -0.15) is 5.10 Å². The van der Waals surface area contributed by atoms with Gasteiger partial charge in [-0.15, -0.1) is 0 Å². The van der Waals surface area contributed by atoms with Gasteiger partial charge < -0.3 is 10.3 Å². The zero-order valence-electron chi connectivity index (χ0n) is 12.0. The third-order valence-electron chi connectivity index (χ3n) is 3.72. The summed E-state index contributed by atoms with van der Waals surface area (Å²) in [5.41, 5.74) is 5.10. The second-order valence-electron chi connectivity index (χ2n) is 5.24. The van der Waals surface area contributed by atoms with Crippen molar-refractivity contribution >= 4 is 10.9 Å². The predicted molar refractivity (Wildman–Crippen MR) is 81.7 cm³/mol. The second kappa shape index (κ2) is 5.51. The van der Waals surface area contributed by atoms with Crippen LogP contribution in [0.25, 0.3) is 10.9 Å². The molecule has 0 bridgehead atoms. The summed E-state index contributed by atoms with van der Waals surface area (Å²) >= 11 is 0. The number of hydrogen-bond donors (Lipinski definition) is 2. The molecule has 4 nitrogen and oxygen atoms in total. The topological polar surface area (TPSA) is 45.6 Å². The summed E-state index contributed by atoms with van der Waals surface area (Å²) in [7, 11) is 1.97. The summed E-state index contributed by atoms with van der Waals surface area (Å²) in [6, 6.07) is 8.61. The van der Waals surface area contributed by atoms with Gasteiger partial charge in [-0.3, -0.25) is 4.68 Å². The molecular weight excluding hydrogens is 248 g/mol. The third kappa shape index (κ3) is 2.60. The molecule has 0 fully saturated rings. The van der Waals surface area contributed by atoms with Gasteiger partial charge in [-0.25, -0.2) is 0 Å². The first-order chi connectivity index (χ1) is 9.74. The molecule has 0 spiro atoms. The van der Waals surface area contributed by atoms with Crippen LogP contribution in [0.3, 0.4) is 0 Å². The van der Waals surface area contributed by atoms with E-state index in [1.165, 1.54) is 27.7 Å². The van der Waals surface area contributed by atoms with E-state index in [0.29, 0.717) is 0 Å². The van der Waals surface area contributed by atoms with Crippen molar-refractivity contribution in [2.45, 2.75) is 19.9 Å². The first-order valence-electron chi connectivity index (χ1n) is 6.98. The van der Waals surface area contributed by atoms with Crippen LogP contribution in [0.15, 0.2) is 36.7 Å². The van der Waals surface area contributed by atoms with Gasteiger partial charge in [0.05, 0.1) is 5.69 Å². The molecule has 2 heterocycles. The van der Waals surface area contributed by atoms with E-state index in [4.69, 9.17) is 0 Å². The Hall–Kier alpha value is -2.07. The van der Waals surface area contributed by atoms with Crippen molar-refractivity contribution in [3.05, 3.63) is 53.5 Å². The number of hydrogen-bond acceptors (Lipinski definition) is 2. The molecule has 0 amide bonds. The van der Waals surface area contributed by atoms with Gasteiger partial charge in [0, 0.05) is 36.9 Å². The van der Waals surface area contributed by atoms with Gasteiger partial charge in [-0.1, -0.05) is 12.1 Å². The number of benzene rings is 1. The Balaban J connectivity index is 1.59. The van der Waals surface area contributed by atoms with Crippen molar-refractivity contribution in [1.82, 2.24) is 20.1 Å². The summed E-state index contributed by atoms with van der Waals surface area (Å²) in [6.45, 7) is 3.94. The molecule has 2 N–H and O–H groups in total. The van der Waals surface area contributed by atoms with Crippen molar-refractivity contribution < 1.29 is 0 Å². The van der Waals surface area contributed by atoms with Crippen molar-refractivity contribution in [2.24, 2.45) is 7.05 Å². The highest BCUT2D eigenvalue weighted by Gasteiger charge is 2.03. The fourth-order valence-electron chi connectivity index (χ4n) is 2.52. The maximum atomic E-state index is 4.17. The molecule has 2 aromatic heterocycles. The molecule has 0 aliphatic heterocycles. The van der Waals surface area contributed by atoms with Gasteiger partial charge in [-0.05, 0) is 43.1 Å². The zero-order valence-corrected chi connectivity index (χ0v) is 12.0. The highest BCUT2D eigenvalue weighted by Crippen LogP contribution is 2.19. The van der Waals surface area contributed by atoms with E-state index in [2.05, 4.69) is 46.7 Å². The van der Waals surface area contributed by atoms with Crippen LogP contribution in [-0.2, 0) is 20.0 Å². The van der Waals surface area contributed by atoms with Crippen molar-refractivity contribution in [3.63, 3.8) is 0 Å². The van der Waals surface area contributed by atoms with Gasteiger partial charge in [0.1, 0.15) is 0 Å². The number of rotatable bonds is 5. The molecule has 0 radical (unpaired) electrons. The number of aryl methyl sites for hydroxylation is 2. The molecule has 1 aromatic carbocycles. The number of aromatic amines is 1. The number of nitrogens with one attached hydrogen (secondary N) is 2. The zero-order chi connectivity index (χ0) is 13.9. The third-order valence-corrected chi connectivity index (χ3v) is 3.72. The Bertz CT molecular complexity index is 708. The number of H-pyrrole nitrogens is 1. The van der Waals surface area contributed by atoms with Gasteiger partial charge in [0.15, 0.2) is 0 Å². The molecular formula is C16H20N4. The fourth-order valence-corrected chi connectivity index (χ4v) is 2.52. The predicted octanol–water partition coefficient (Wildman–Crippen LogP) is 2.54. The Morgan fingerprint density at radius 3 is 3.00 bits per heavy atom. The Labute approximate surface area is 118 Å². The maximum absolute atomic E-state index is 4.17. The minimum Gasteiger partial charge on any atom is -0.361 e. The molecule has 0 aliphatic rings. The van der Waals surface area contributed by atoms with E-state index in [1.54, 1.807) is 0 Å². The minimum absolute atomic E-state index is 0.859. The van der Waals surface area contributed by atoms with Crippen LogP contribution in [0.4, 0.5) is 0 Å². The molecule has 0 unspecified atom stereocenters. The lowest BCUT2D eigenvalue weighted by molar-refractivity contribution is 0.626. The van der Waals surface area contributed by atoms with Crippen LogP contribution in [0.2, 0.25) is 0 Å². The van der Waals surface area contributed by atoms with Crippen molar-refractivity contribution in [3.8, 4) is 0 Å². The minimum atomic E-state index is 0.859. The smallest absolute Gasteiger partial charge is 0.0518 e. The first kappa shape index (κ1) is 12.9. The lowest BCUT2D eigenvalue weighted by atomic mass is 10.1. The lowest BCUT2D eigenvalue weighted by Crippen LogP contribution is -2.18. The Morgan fingerprint density at radius 1 is 1.30 bits per heavy atom. The Kier molecular flexibility index (Phi) is 3.56. The van der Waals surface area contributed by atoms with Crippen LogP contribution < -0.4 is 5.32 Å². The van der Waals surface area contributed by atoms with Gasteiger partial charge >= 0.3 is 0 Å². The lowest BCUT2D eigenvalue weighted by Gasteiger charge is -2.05. The van der Waals surface area contributed by atoms with Crippen molar-refractivity contribution in [1.29, 1.82) is 0 Å². The van der Waals surface area contributed by atoms with E-state index < -0.39 is 0 Å². The quantitative estimate of drug-likeness (QED) is 0.699. The van der Waals surface area contributed by atoms with Gasteiger partial charge in [0.25, 0.3) is 0 Å². The summed E-state index contributed by atoms with van der Waals surface area (Å²) in [4.78, 5) is 3.35. The van der Waals surface area contributed by atoms with Gasteiger partial charge in [0.2, 0.25) is 0 Å². The average molecular weight is 268 g/mol. The first-order valence-corrected chi connectivity index (χ1v) is 6.98. The van der Waals surface area contributed by atoms with Crippen molar-refractivity contribution in [2.75, 3.05) is 6.54 Å². The van der Waals surface area contributed by atoms with E-state index >= 15 is 0 Å². The molecule has 104 valence electrons. The number of aromatic nitrogens is 3. The van der Waals surface area contributed by atoms with Crippen LogP contribution in [0.1, 0.15) is 16.8 Å². The van der Waals surface area contributed by atoms with Crippen LogP contribution in [0, 0.1) is 6.92 Å². The largest absolute Gasteiger partial charge is 0.361 e. The fraction of sp³-hybridized carbons (Fsp3) is 0.312. The van der Waals surface area contributed by atoms with E-state index in [9.17, 15) is 0 Å². The molecule has 0 saturated carbocycles. The highest BCUT2D eigenvalue weighted by molar-refractivity contribution is 5.83. The van der Waals surface area contributed by atoms with E-state index in [1.807, 2.05) is 24.0 Å². The van der Waals surface area contributed by atoms with Crippen LogP contribution >= 0.6 is 0 Å². The highest BCUT2D eigenvalue weighted by atomic mass is 15.3. The average Bonchev–Trinajstić information content (AvgIpc) is 3.01. The molecule has 0 atom stereocenters. The van der Waals surface area contributed by atoms with Crippen LogP contribution in [-0.4, -0.2) is 21.3 Å². The monoisotopic (exact) mass is 268 g/mol.